The second-order valence-corrected chi connectivity index (χ2v) is 15.9. The number of nitrogens with zero attached hydrogens (tertiary/aromatic N) is 1. The topological polar surface area (TPSA) is 32.6 Å². The molecule has 0 bridgehead atoms. The number of halogens is 2. The van der Waals surface area contributed by atoms with Gasteiger partial charge in [0.25, 0.3) is 0 Å². The van der Waals surface area contributed by atoms with Crippen LogP contribution in [0.2, 0.25) is 19.6 Å². The van der Waals surface area contributed by atoms with Gasteiger partial charge in [0.15, 0.2) is 0 Å². The summed E-state index contributed by atoms with van der Waals surface area (Å²) >= 11 is -0.826. The summed E-state index contributed by atoms with van der Waals surface area (Å²) in [5.74, 6) is 0.453. The molecule has 1 aliphatic carbocycles. The summed E-state index contributed by atoms with van der Waals surface area (Å²) < 4.78 is 0. The Kier molecular flexibility index (Phi) is 9.66. The first kappa shape index (κ1) is 21.4. The summed E-state index contributed by atoms with van der Waals surface area (Å²) in [5, 5.41) is 11.7. The number of phenols is 1. The molecule has 0 spiro atoms. The predicted octanol–water partition coefficient (Wildman–Crippen LogP) is 5.37. The number of aromatic hydroxyl groups is 1. The molecule has 1 fully saturated rings. The quantitative estimate of drug-likeness (QED) is 0.486. The Bertz CT molecular complexity index is 526. The first-order chi connectivity index (χ1) is 10.8. The average Bonchev–Trinajstić information content (AvgIpc) is 2.48. The van der Waals surface area contributed by atoms with Crippen molar-refractivity contribution in [2.75, 3.05) is 0 Å². The van der Waals surface area contributed by atoms with Crippen LogP contribution in [-0.2, 0) is 20.8 Å². The van der Waals surface area contributed by atoms with E-state index in [1.54, 1.807) is 0 Å². The van der Waals surface area contributed by atoms with Gasteiger partial charge in [0.05, 0.1) is 8.07 Å². The van der Waals surface area contributed by atoms with Crippen LogP contribution in [-0.4, -0.2) is 25.4 Å². The summed E-state index contributed by atoms with van der Waals surface area (Å²) in [6, 6.07) is 4.64. The van der Waals surface area contributed by atoms with Crippen LogP contribution in [0.5, 0.6) is 5.75 Å². The summed E-state index contributed by atoms with van der Waals surface area (Å²) in [5.41, 5.74) is 2.11. The Morgan fingerprint density at radius 2 is 1.74 bits per heavy atom. The van der Waals surface area contributed by atoms with Crippen molar-refractivity contribution in [2.45, 2.75) is 64.7 Å². The molecule has 0 amide bonds. The third kappa shape index (κ3) is 7.42. The Hall–Kier alpha value is 0.370. The van der Waals surface area contributed by atoms with Crippen LogP contribution in [0, 0.1) is 6.92 Å². The van der Waals surface area contributed by atoms with E-state index in [0.717, 1.165) is 10.8 Å². The van der Waals surface area contributed by atoms with E-state index in [-0.39, 0.29) is 0 Å². The van der Waals surface area contributed by atoms with Crippen LogP contribution in [0.3, 0.4) is 0 Å². The van der Waals surface area contributed by atoms with E-state index in [9.17, 15) is 5.11 Å². The minimum atomic E-state index is -1.52. The molecule has 2 nitrogen and oxygen atoms in total. The van der Waals surface area contributed by atoms with E-state index in [1.807, 2.05) is 12.3 Å². The molecule has 0 radical (unpaired) electrons. The second-order valence-electron chi connectivity index (χ2n) is 7.14. The van der Waals surface area contributed by atoms with Crippen molar-refractivity contribution in [2.24, 2.45) is 4.99 Å². The van der Waals surface area contributed by atoms with Gasteiger partial charge in [-0.05, 0) is 31.0 Å². The molecule has 0 saturated heterocycles. The normalized spacial score (nSPS) is 16.1. The molecule has 0 aromatic heterocycles. The summed E-state index contributed by atoms with van der Waals surface area (Å²) in [4.78, 5) is 4.71. The predicted molar refractivity (Wildman–Crippen MR) is 102 cm³/mol. The third-order valence-electron chi connectivity index (χ3n) is 4.09. The van der Waals surface area contributed by atoms with E-state index in [2.05, 4.69) is 32.6 Å². The van der Waals surface area contributed by atoms with E-state index in [1.165, 1.54) is 37.7 Å². The zero-order chi connectivity index (χ0) is 17.5. The maximum atomic E-state index is 10.5. The van der Waals surface area contributed by atoms with Crippen molar-refractivity contribution >= 4 is 36.5 Å². The van der Waals surface area contributed by atoms with Gasteiger partial charge in [0.1, 0.15) is 5.75 Å². The molecule has 1 saturated carbocycles. The number of benzene rings is 1. The van der Waals surface area contributed by atoms with E-state index >= 15 is 0 Å². The first-order valence-corrected chi connectivity index (χ1v) is 18.0. The molecule has 128 valence electrons. The monoisotopic (exact) mass is 449 g/mol. The van der Waals surface area contributed by atoms with Crippen LogP contribution >= 0.6 is 17.0 Å². The van der Waals surface area contributed by atoms with Crippen molar-refractivity contribution in [3.63, 3.8) is 0 Å². The molecule has 1 aromatic rings. The summed E-state index contributed by atoms with van der Waals surface area (Å²) in [7, 11) is 8.35. The van der Waals surface area contributed by atoms with Gasteiger partial charge in [-0.15, -0.1) is 0 Å². The van der Waals surface area contributed by atoms with Crippen LogP contribution < -0.4 is 5.19 Å². The standard InChI is InChI=1S/C17H27NOSi.2ClH.Zr/c1-13-10-14(12-18-15-8-6-5-7-9-15)17(19)16(11-13)20(2,3)4;;;/h10-12,15,19H,5-9H2,1-4H3;2*1H;/q;;;+2/p-2. The molecule has 0 unspecified atom stereocenters. The number of phenolic OH excluding ortho intramolecular Hbond substituents is 1. The Balaban J connectivity index is 0.000000816. The molecule has 6 heteroatoms. The number of hydrogen-bond acceptors (Lipinski definition) is 2. The van der Waals surface area contributed by atoms with Gasteiger partial charge in [-0.25, -0.2) is 0 Å². The van der Waals surface area contributed by atoms with Gasteiger partial charge < -0.3 is 5.11 Å². The van der Waals surface area contributed by atoms with Gasteiger partial charge in [-0.3, -0.25) is 4.99 Å². The van der Waals surface area contributed by atoms with E-state index < -0.39 is 28.9 Å². The molecule has 0 atom stereocenters. The Morgan fingerprint density at radius 3 is 2.26 bits per heavy atom. The van der Waals surface area contributed by atoms with E-state index in [0.29, 0.717) is 11.8 Å². The molecule has 1 aromatic carbocycles. The van der Waals surface area contributed by atoms with Crippen molar-refractivity contribution in [3.8, 4) is 5.75 Å². The van der Waals surface area contributed by atoms with E-state index in [4.69, 9.17) is 22.0 Å². The number of aryl methyl sites for hydroxylation is 1. The fourth-order valence-electron chi connectivity index (χ4n) is 2.89. The van der Waals surface area contributed by atoms with Crippen molar-refractivity contribution in [3.05, 3.63) is 23.3 Å². The van der Waals surface area contributed by atoms with Crippen molar-refractivity contribution < 1.29 is 26.0 Å². The average molecular weight is 452 g/mol. The van der Waals surface area contributed by atoms with Gasteiger partial charge in [0.2, 0.25) is 0 Å². The van der Waals surface area contributed by atoms with Crippen LogP contribution in [0.25, 0.3) is 0 Å². The SMILES string of the molecule is Cc1cc(C=NC2CCCCC2)c(O)c([Si](C)(C)C)c1.[Cl][Zr][Cl]. The van der Waals surface area contributed by atoms with Crippen LogP contribution in [0.4, 0.5) is 0 Å². The summed E-state index contributed by atoms with van der Waals surface area (Å²) in [6.07, 6.45) is 8.24. The van der Waals surface area contributed by atoms with Crippen LogP contribution in [0.1, 0.15) is 43.2 Å². The first-order valence-electron chi connectivity index (χ1n) is 8.13. The zero-order valence-electron chi connectivity index (χ0n) is 14.5. The molecule has 23 heavy (non-hydrogen) atoms. The molecular weight excluding hydrogens is 424 g/mol. The molecule has 1 N–H and O–H groups in total. The number of rotatable bonds is 3. The molecule has 1 aliphatic rings. The third-order valence-corrected chi connectivity index (χ3v) is 6.09. The Morgan fingerprint density at radius 1 is 1.17 bits per heavy atom. The summed E-state index contributed by atoms with van der Waals surface area (Å²) in [6.45, 7) is 8.90. The fourth-order valence-corrected chi connectivity index (χ4v) is 4.41. The number of hydrogen-bond donors (Lipinski definition) is 1. The zero-order valence-corrected chi connectivity index (χ0v) is 19.5. The molecule has 2 rings (SSSR count). The maximum absolute atomic E-state index is 10.5. The number of aliphatic imine (C=N–C) groups is 1. The molecule has 0 aliphatic heterocycles. The Labute approximate surface area is 160 Å². The van der Waals surface area contributed by atoms with Gasteiger partial charge in [-0.2, -0.15) is 0 Å². The van der Waals surface area contributed by atoms with Crippen molar-refractivity contribution in [1.29, 1.82) is 0 Å². The van der Waals surface area contributed by atoms with Gasteiger partial charge >= 0.3 is 37.9 Å². The van der Waals surface area contributed by atoms with Crippen molar-refractivity contribution in [1.82, 2.24) is 0 Å². The molecular formula is C17H27Cl2NOSiZr. The fraction of sp³-hybridized carbons (Fsp3) is 0.588. The second kappa shape index (κ2) is 10.4. The van der Waals surface area contributed by atoms with Crippen LogP contribution in [0.15, 0.2) is 17.1 Å². The molecule has 0 heterocycles. The van der Waals surface area contributed by atoms with Gasteiger partial charge in [-0.1, -0.05) is 50.5 Å². The van der Waals surface area contributed by atoms with Gasteiger partial charge in [0, 0.05) is 17.8 Å². The minimum absolute atomic E-state index is 0.453.